The Bertz CT molecular complexity index is 767. The molecule has 0 amide bonds. The molecule has 6 heteroatoms. The number of anilines is 1. The molecule has 100 valence electrons. The highest BCUT2D eigenvalue weighted by Crippen LogP contribution is 2.19. The lowest BCUT2D eigenvalue weighted by atomic mass is 10.2. The summed E-state index contributed by atoms with van der Waals surface area (Å²) in [5, 5.41) is 14.7. The molecule has 20 heavy (non-hydrogen) atoms. The Hall–Kier alpha value is -2.89. The molecule has 0 saturated heterocycles. The summed E-state index contributed by atoms with van der Waals surface area (Å²) in [5.74, 6) is 0.253. The first-order valence-electron chi connectivity index (χ1n) is 6.04. The van der Waals surface area contributed by atoms with Crippen LogP contribution in [0.5, 0.6) is 0 Å². The van der Waals surface area contributed by atoms with Crippen LogP contribution in [0, 0.1) is 10.1 Å². The fourth-order valence-electron chi connectivity index (χ4n) is 1.92. The van der Waals surface area contributed by atoms with Gasteiger partial charge in [-0.15, -0.1) is 0 Å². The van der Waals surface area contributed by atoms with Crippen molar-refractivity contribution in [3.05, 3.63) is 64.5 Å². The second-order valence-electron chi connectivity index (χ2n) is 4.27. The number of furan rings is 1. The molecule has 1 aromatic carbocycles. The minimum Gasteiger partial charge on any atom is -0.404 e. The lowest BCUT2D eigenvalue weighted by molar-refractivity contribution is -0.402. The number of hydrogen-bond donors (Lipinski definition) is 1. The average molecular weight is 269 g/mol. The molecule has 0 unspecified atom stereocenters. The van der Waals surface area contributed by atoms with E-state index in [1.165, 1.54) is 6.07 Å². The van der Waals surface area contributed by atoms with E-state index < -0.39 is 4.92 Å². The van der Waals surface area contributed by atoms with Gasteiger partial charge in [0.05, 0.1) is 30.0 Å². The molecule has 0 fully saturated rings. The maximum Gasteiger partial charge on any atom is 0.433 e. The van der Waals surface area contributed by atoms with Gasteiger partial charge < -0.3 is 9.73 Å². The lowest BCUT2D eigenvalue weighted by Gasteiger charge is -2.05. The van der Waals surface area contributed by atoms with Crippen LogP contribution in [0.25, 0.3) is 10.9 Å². The van der Waals surface area contributed by atoms with Gasteiger partial charge in [0.1, 0.15) is 10.7 Å². The van der Waals surface area contributed by atoms with Crippen molar-refractivity contribution in [3.63, 3.8) is 0 Å². The van der Waals surface area contributed by atoms with E-state index in [1.807, 2.05) is 30.3 Å². The quantitative estimate of drug-likeness (QED) is 0.580. The van der Waals surface area contributed by atoms with Gasteiger partial charge in [-0.25, -0.2) is 0 Å². The highest BCUT2D eigenvalue weighted by Gasteiger charge is 2.11. The number of hydrogen-bond acceptors (Lipinski definition) is 5. The minimum absolute atomic E-state index is 0.251. The third-order valence-corrected chi connectivity index (χ3v) is 2.88. The number of rotatable bonds is 4. The van der Waals surface area contributed by atoms with Crippen LogP contribution in [0.4, 0.5) is 11.6 Å². The lowest BCUT2D eigenvalue weighted by Crippen LogP contribution is -1.98. The number of benzene rings is 1. The molecule has 0 aliphatic rings. The molecule has 3 aromatic rings. The zero-order chi connectivity index (χ0) is 13.9. The normalized spacial score (nSPS) is 10.6. The Morgan fingerprint density at radius 2 is 2.10 bits per heavy atom. The molecule has 0 spiro atoms. The highest BCUT2D eigenvalue weighted by molar-refractivity contribution is 5.81. The van der Waals surface area contributed by atoms with Crippen LogP contribution >= 0.6 is 0 Å². The summed E-state index contributed by atoms with van der Waals surface area (Å²) in [4.78, 5) is 14.3. The van der Waals surface area contributed by atoms with Crippen molar-refractivity contribution in [1.82, 2.24) is 4.98 Å². The molecule has 2 aromatic heterocycles. The molecule has 6 nitrogen and oxygen atoms in total. The minimum atomic E-state index is -0.554. The van der Waals surface area contributed by atoms with Crippen LogP contribution in [0.15, 0.2) is 53.1 Å². The summed E-state index contributed by atoms with van der Waals surface area (Å²) < 4.78 is 5.07. The zero-order valence-corrected chi connectivity index (χ0v) is 10.4. The van der Waals surface area contributed by atoms with Gasteiger partial charge in [0, 0.05) is 5.39 Å². The summed E-state index contributed by atoms with van der Waals surface area (Å²) in [5.41, 5.74) is 1.76. The maximum absolute atomic E-state index is 10.5. The summed E-state index contributed by atoms with van der Waals surface area (Å²) in [7, 11) is 0. The molecule has 0 atom stereocenters. The monoisotopic (exact) mass is 269 g/mol. The largest absolute Gasteiger partial charge is 0.433 e. The zero-order valence-electron chi connectivity index (χ0n) is 10.4. The van der Waals surface area contributed by atoms with E-state index in [-0.39, 0.29) is 5.88 Å². The fraction of sp³-hybridized carbons (Fsp3) is 0.0714. The number of nitrogens with one attached hydrogen (secondary N) is 1. The van der Waals surface area contributed by atoms with E-state index in [0.717, 1.165) is 16.6 Å². The van der Waals surface area contributed by atoms with Crippen LogP contribution in [0.1, 0.15) is 5.76 Å². The SMILES string of the molecule is O=[N+]([O-])c1ccc(CNc2cnc3ccccc3c2)o1. The van der Waals surface area contributed by atoms with Crippen LogP contribution in [-0.4, -0.2) is 9.91 Å². The van der Waals surface area contributed by atoms with Gasteiger partial charge in [0.25, 0.3) is 0 Å². The number of fused-ring (bicyclic) bond motifs is 1. The molecule has 3 rings (SSSR count). The maximum atomic E-state index is 10.5. The molecule has 0 aliphatic carbocycles. The van der Waals surface area contributed by atoms with Crippen molar-refractivity contribution in [1.29, 1.82) is 0 Å². The first-order valence-corrected chi connectivity index (χ1v) is 6.04. The van der Waals surface area contributed by atoms with Crippen LogP contribution < -0.4 is 5.32 Å². The van der Waals surface area contributed by atoms with Gasteiger partial charge >= 0.3 is 5.88 Å². The van der Waals surface area contributed by atoms with Gasteiger partial charge in [-0.2, -0.15) is 0 Å². The molecule has 0 bridgehead atoms. The van der Waals surface area contributed by atoms with Gasteiger partial charge in [-0.3, -0.25) is 15.1 Å². The van der Waals surface area contributed by atoms with Crippen molar-refractivity contribution in [3.8, 4) is 0 Å². The molecule has 0 radical (unpaired) electrons. The van der Waals surface area contributed by atoms with Gasteiger partial charge in [0.2, 0.25) is 0 Å². The van der Waals surface area contributed by atoms with Crippen LogP contribution in [0.2, 0.25) is 0 Å². The molecular weight excluding hydrogens is 258 g/mol. The van der Waals surface area contributed by atoms with Crippen molar-refractivity contribution >= 4 is 22.5 Å². The van der Waals surface area contributed by atoms with Crippen molar-refractivity contribution in [2.24, 2.45) is 0 Å². The van der Waals surface area contributed by atoms with E-state index in [4.69, 9.17) is 4.42 Å². The van der Waals surface area contributed by atoms with Crippen LogP contribution in [-0.2, 0) is 6.54 Å². The van der Waals surface area contributed by atoms with E-state index in [2.05, 4.69) is 10.3 Å². The highest BCUT2D eigenvalue weighted by atomic mass is 16.6. The first-order chi connectivity index (χ1) is 9.72. The van der Waals surface area contributed by atoms with Crippen molar-refractivity contribution < 1.29 is 9.34 Å². The van der Waals surface area contributed by atoms with Crippen LogP contribution in [0.3, 0.4) is 0 Å². The second kappa shape index (κ2) is 5.00. The number of nitro groups is 1. The van der Waals surface area contributed by atoms with E-state index in [9.17, 15) is 10.1 Å². The van der Waals surface area contributed by atoms with E-state index in [1.54, 1.807) is 12.3 Å². The predicted octanol–water partition coefficient (Wildman–Crippen LogP) is 3.35. The second-order valence-corrected chi connectivity index (χ2v) is 4.27. The average Bonchev–Trinajstić information content (AvgIpc) is 2.94. The summed E-state index contributed by atoms with van der Waals surface area (Å²) >= 11 is 0. The Balaban J connectivity index is 1.74. The molecule has 0 saturated carbocycles. The number of aromatic nitrogens is 1. The number of pyridine rings is 1. The molecule has 2 heterocycles. The van der Waals surface area contributed by atoms with Crippen molar-refractivity contribution in [2.75, 3.05) is 5.32 Å². The predicted molar refractivity (Wildman–Crippen MR) is 74.4 cm³/mol. The Kier molecular flexibility index (Phi) is 3.04. The third kappa shape index (κ3) is 2.44. The summed E-state index contributed by atoms with van der Waals surface area (Å²) in [6.45, 7) is 0.369. The Morgan fingerprint density at radius 3 is 2.90 bits per heavy atom. The standard InChI is InChI=1S/C14H11N3O3/c18-17(19)14-6-5-12(20-14)9-15-11-7-10-3-1-2-4-13(10)16-8-11/h1-8,15H,9H2. The third-order valence-electron chi connectivity index (χ3n) is 2.88. The molecular formula is C14H11N3O3. The first kappa shape index (κ1) is 12.2. The van der Waals surface area contributed by atoms with Gasteiger partial charge in [-0.1, -0.05) is 18.2 Å². The molecule has 0 aliphatic heterocycles. The fourth-order valence-corrected chi connectivity index (χ4v) is 1.92. The van der Waals surface area contributed by atoms with E-state index in [0.29, 0.717) is 12.3 Å². The van der Waals surface area contributed by atoms with Gasteiger partial charge in [-0.05, 0) is 18.2 Å². The Labute approximate surface area is 114 Å². The van der Waals surface area contributed by atoms with Crippen molar-refractivity contribution in [2.45, 2.75) is 6.54 Å². The Morgan fingerprint density at radius 1 is 1.25 bits per heavy atom. The summed E-state index contributed by atoms with van der Waals surface area (Å²) in [6.07, 6.45) is 1.72. The number of para-hydroxylation sites is 1. The molecule has 1 N–H and O–H groups in total. The number of nitrogens with zero attached hydrogens (tertiary/aromatic N) is 2. The smallest absolute Gasteiger partial charge is 0.404 e. The van der Waals surface area contributed by atoms with Gasteiger partial charge in [0.15, 0.2) is 0 Å². The van der Waals surface area contributed by atoms with E-state index >= 15 is 0 Å². The summed E-state index contributed by atoms with van der Waals surface area (Å²) in [6, 6.07) is 12.7. The topological polar surface area (TPSA) is 81.2 Å².